The molecule has 2 aromatic rings. The van der Waals surface area contributed by atoms with Gasteiger partial charge in [-0.15, -0.1) is 0 Å². The summed E-state index contributed by atoms with van der Waals surface area (Å²) in [6.07, 6.45) is 4.30. The van der Waals surface area contributed by atoms with Gasteiger partial charge in [0.15, 0.2) is 0 Å². The van der Waals surface area contributed by atoms with Crippen LogP contribution in [0.1, 0.15) is 39.1 Å². The second-order valence-corrected chi connectivity index (χ2v) is 7.24. The Morgan fingerprint density at radius 2 is 1.73 bits per heavy atom. The third-order valence-corrected chi connectivity index (χ3v) is 5.13. The quantitative estimate of drug-likeness (QED) is 0.817. The number of nitrogens with zero attached hydrogens (tertiary/aromatic N) is 1. The van der Waals surface area contributed by atoms with Gasteiger partial charge >= 0.3 is 0 Å². The van der Waals surface area contributed by atoms with Gasteiger partial charge in [-0.3, -0.25) is 9.59 Å². The molecule has 0 saturated carbocycles. The van der Waals surface area contributed by atoms with Crippen LogP contribution in [0.15, 0.2) is 42.5 Å². The van der Waals surface area contributed by atoms with Crippen LogP contribution in [0, 0.1) is 0 Å². The van der Waals surface area contributed by atoms with Gasteiger partial charge < -0.3 is 16.0 Å². The van der Waals surface area contributed by atoms with E-state index in [0.29, 0.717) is 16.8 Å². The Bertz CT molecular complexity index is 799. The molecule has 0 aromatic heterocycles. The van der Waals surface area contributed by atoms with Gasteiger partial charge in [0.1, 0.15) is 0 Å². The van der Waals surface area contributed by atoms with Crippen molar-refractivity contribution in [2.45, 2.75) is 18.6 Å². The molecule has 136 valence electrons. The number of amides is 2. The smallest absolute Gasteiger partial charge is 0.255 e. The third kappa shape index (κ3) is 4.19. The number of hydrogen-bond acceptors (Lipinski definition) is 4. The molecule has 2 amide bonds. The maximum Gasteiger partial charge on any atom is 0.255 e. The number of rotatable bonds is 6. The molecule has 1 aliphatic rings. The van der Waals surface area contributed by atoms with Crippen LogP contribution in [0.25, 0.3) is 0 Å². The molecule has 0 radical (unpaired) electrons. The van der Waals surface area contributed by atoms with Crippen molar-refractivity contribution < 1.29 is 9.59 Å². The molecule has 0 unspecified atom stereocenters. The van der Waals surface area contributed by atoms with E-state index in [2.05, 4.69) is 10.2 Å². The van der Waals surface area contributed by atoms with Crippen molar-refractivity contribution in [2.24, 2.45) is 5.73 Å². The van der Waals surface area contributed by atoms with Crippen molar-refractivity contribution in [3.8, 4) is 0 Å². The molecular weight excluding hydrogens is 346 g/mol. The van der Waals surface area contributed by atoms with E-state index in [1.54, 1.807) is 23.9 Å². The third-order valence-electron chi connectivity index (χ3n) is 4.50. The molecule has 0 bridgehead atoms. The average molecular weight is 369 g/mol. The summed E-state index contributed by atoms with van der Waals surface area (Å²) in [5.41, 5.74) is 9.12. The first-order chi connectivity index (χ1) is 12.6. The summed E-state index contributed by atoms with van der Waals surface area (Å²) in [6, 6.07) is 12.8. The van der Waals surface area contributed by atoms with E-state index in [-0.39, 0.29) is 5.91 Å². The lowest BCUT2D eigenvalue weighted by atomic mass is 10.1. The fourth-order valence-corrected chi connectivity index (χ4v) is 3.66. The summed E-state index contributed by atoms with van der Waals surface area (Å²) >= 11 is 1.74. The molecule has 5 nitrogen and oxygen atoms in total. The van der Waals surface area contributed by atoms with Crippen LogP contribution in [0.5, 0.6) is 0 Å². The number of primary amides is 1. The van der Waals surface area contributed by atoms with E-state index >= 15 is 0 Å². The van der Waals surface area contributed by atoms with Gasteiger partial charge in [0.25, 0.3) is 5.91 Å². The van der Waals surface area contributed by atoms with Crippen molar-refractivity contribution in [3.63, 3.8) is 0 Å². The lowest BCUT2D eigenvalue weighted by Crippen LogP contribution is -2.22. The largest absolute Gasteiger partial charge is 0.370 e. The predicted octanol–water partition coefficient (Wildman–Crippen LogP) is 3.50. The van der Waals surface area contributed by atoms with Gasteiger partial charge in [0.2, 0.25) is 5.91 Å². The predicted molar refractivity (Wildman–Crippen MR) is 108 cm³/mol. The highest BCUT2D eigenvalue weighted by Crippen LogP contribution is 2.30. The molecule has 26 heavy (non-hydrogen) atoms. The normalized spacial score (nSPS) is 13.7. The van der Waals surface area contributed by atoms with Gasteiger partial charge in [-0.05, 0) is 55.0 Å². The average Bonchev–Trinajstić information content (AvgIpc) is 3.17. The summed E-state index contributed by atoms with van der Waals surface area (Å²) in [5.74, 6) is 0.222. The zero-order valence-electron chi connectivity index (χ0n) is 14.8. The lowest BCUT2D eigenvalue weighted by molar-refractivity contribution is 0.0996. The summed E-state index contributed by atoms with van der Waals surface area (Å²) in [4.78, 5) is 26.4. The van der Waals surface area contributed by atoms with Crippen LogP contribution in [0.2, 0.25) is 0 Å². The van der Waals surface area contributed by atoms with Crippen molar-refractivity contribution in [3.05, 3.63) is 59.2 Å². The first-order valence-electron chi connectivity index (χ1n) is 8.66. The van der Waals surface area contributed by atoms with Gasteiger partial charge in [-0.1, -0.05) is 12.1 Å². The number of hydrogen-bond donors (Lipinski definition) is 2. The Labute approximate surface area is 157 Å². The van der Waals surface area contributed by atoms with E-state index in [0.717, 1.165) is 37.4 Å². The van der Waals surface area contributed by atoms with Crippen LogP contribution in [0.3, 0.4) is 0 Å². The van der Waals surface area contributed by atoms with Crippen LogP contribution < -0.4 is 16.0 Å². The van der Waals surface area contributed by atoms with E-state index in [9.17, 15) is 9.59 Å². The van der Waals surface area contributed by atoms with Crippen LogP contribution in [-0.2, 0) is 5.75 Å². The first kappa shape index (κ1) is 18.3. The van der Waals surface area contributed by atoms with Gasteiger partial charge in [-0.2, -0.15) is 11.8 Å². The molecule has 2 aromatic carbocycles. The standard InChI is InChI=1S/C20H23N3O2S/c1-26-13-14-4-6-15(7-5-14)20(25)22-17-12-16(19(21)24)8-9-18(17)23-10-2-3-11-23/h4-9,12H,2-3,10-11,13H2,1H3,(H2,21,24)(H,22,25). The Balaban J connectivity index is 1.85. The summed E-state index contributed by atoms with van der Waals surface area (Å²) in [6.45, 7) is 1.89. The second-order valence-electron chi connectivity index (χ2n) is 6.37. The molecule has 1 aliphatic heterocycles. The van der Waals surface area contributed by atoms with Gasteiger partial charge in [-0.25, -0.2) is 0 Å². The van der Waals surface area contributed by atoms with Gasteiger partial charge in [0, 0.05) is 30.0 Å². The van der Waals surface area contributed by atoms with Crippen molar-refractivity contribution in [1.29, 1.82) is 0 Å². The van der Waals surface area contributed by atoms with Crippen molar-refractivity contribution in [2.75, 3.05) is 29.6 Å². The number of carbonyl (C=O) groups is 2. The molecule has 3 rings (SSSR count). The fraction of sp³-hybridized carbons (Fsp3) is 0.300. The highest BCUT2D eigenvalue weighted by Gasteiger charge is 2.19. The van der Waals surface area contributed by atoms with Gasteiger partial charge in [0.05, 0.1) is 11.4 Å². The molecule has 1 heterocycles. The minimum Gasteiger partial charge on any atom is -0.370 e. The van der Waals surface area contributed by atoms with Crippen molar-refractivity contribution in [1.82, 2.24) is 0 Å². The highest BCUT2D eigenvalue weighted by molar-refractivity contribution is 7.97. The lowest BCUT2D eigenvalue weighted by Gasteiger charge is -2.22. The molecule has 6 heteroatoms. The SMILES string of the molecule is CSCc1ccc(C(=O)Nc2cc(C(N)=O)ccc2N2CCCC2)cc1. The highest BCUT2D eigenvalue weighted by atomic mass is 32.2. The van der Waals surface area contributed by atoms with Crippen LogP contribution >= 0.6 is 11.8 Å². The molecule has 0 aliphatic carbocycles. The van der Waals surface area contributed by atoms with E-state index < -0.39 is 5.91 Å². The molecule has 1 fully saturated rings. The molecular formula is C20H23N3O2S. The number of benzene rings is 2. The molecule has 1 saturated heterocycles. The minimum atomic E-state index is -0.505. The number of thioether (sulfide) groups is 1. The molecule has 3 N–H and O–H groups in total. The molecule has 0 atom stereocenters. The van der Waals surface area contributed by atoms with E-state index in [4.69, 9.17) is 5.73 Å². The Morgan fingerprint density at radius 1 is 1.08 bits per heavy atom. The van der Waals surface area contributed by atoms with E-state index in [1.807, 2.05) is 36.6 Å². The number of anilines is 2. The topological polar surface area (TPSA) is 75.4 Å². The zero-order valence-corrected chi connectivity index (χ0v) is 15.6. The number of nitrogens with one attached hydrogen (secondary N) is 1. The maximum absolute atomic E-state index is 12.7. The summed E-state index contributed by atoms with van der Waals surface area (Å²) < 4.78 is 0. The Morgan fingerprint density at radius 3 is 2.35 bits per heavy atom. The molecule has 0 spiro atoms. The monoisotopic (exact) mass is 369 g/mol. The van der Waals surface area contributed by atoms with Crippen LogP contribution in [0.4, 0.5) is 11.4 Å². The summed E-state index contributed by atoms with van der Waals surface area (Å²) in [5, 5.41) is 2.96. The first-order valence-corrected chi connectivity index (χ1v) is 10.1. The fourth-order valence-electron chi connectivity index (χ4n) is 3.14. The zero-order chi connectivity index (χ0) is 18.5. The summed E-state index contributed by atoms with van der Waals surface area (Å²) in [7, 11) is 0. The van der Waals surface area contributed by atoms with E-state index in [1.165, 1.54) is 5.56 Å². The number of nitrogens with two attached hydrogens (primary N) is 1. The number of carbonyl (C=O) groups excluding carboxylic acids is 2. The Kier molecular flexibility index (Phi) is 5.83. The van der Waals surface area contributed by atoms with Crippen molar-refractivity contribution >= 4 is 35.0 Å². The Hall–Kier alpha value is -2.47. The van der Waals surface area contributed by atoms with Crippen LogP contribution in [-0.4, -0.2) is 31.2 Å². The minimum absolute atomic E-state index is 0.192. The second kappa shape index (κ2) is 8.27. The maximum atomic E-state index is 12.7.